The van der Waals surface area contributed by atoms with E-state index in [0.29, 0.717) is 6.42 Å². The van der Waals surface area contributed by atoms with Crippen molar-refractivity contribution in [2.45, 2.75) is 20.3 Å². The third-order valence-corrected chi connectivity index (χ3v) is 3.10. The molecule has 0 saturated carbocycles. The molecule has 1 unspecified atom stereocenters. The van der Waals surface area contributed by atoms with Crippen molar-refractivity contribution in [3.63, 3.8) is 0 Å². The Labute approximate surface area is 121 Å². The van der Waals surface area contributed by atoms with E-state index >= 15 is 0 Å². The number of nitrogens with one attached hydrogen (secondary N) is 1. The summed E-state index contributed by atoms with van der Waals surface area (Å²) >= 11 is 5.77. The highest BCUT2D eigenvalue weighted by Gasteiger charge is 2.20. The number of halogens is 2. The first-order valence-corrected chi connectivity index (χ1v) is 6.65. The van der Waals surface area contributed by atoms with Crippen LogP contribution in [0.4, 0.5) is 4.39 Å². The fourth-order valence-corrected chi connectivity index (χ4v) is 2.08. The summed E-state index contributed by atoms with van der Waals surface area (Å²) in [4.78, 5) is 22.9. The molecule has 110 valence electrons. The van der Waals surface area contributed by atoms with Gasteiger partial charge in [-0.3, -0.25) is 9.59 Å². The topological polar surface area (TPSA) is 66.4 Å². The highest BCUT2D eigenvalue weighted by atomic mass is 35.5. The average molecular weight is 302 g/mol. The van der Waals surface area contributed by atoms with Gasteiger partial charge in [0.2, 0.25) is 0 Å². The van der Waals surface area contributed by atoms with Crippen LogP contribution in [0, 0.1) is 17.7 Å². The molecule has 1 rings (SSSR count). The van der Waals surface area contributed by atoms with Crippen molar-refractivity contribution >= 4 is 23.5 Å². The number of benzene rings is 1. The lowest BCUT2D eigenvalue weighted by molar-refractivity contribution is -0.142. The Bertz CT molecular complexity index is 505. The number of aliphatic carboxylic acids is 1. The van der Waals surface area contributed by atoms with Gasteiger partial charge in [-0.05, 0) is 30.5 Å². The highest BCUT2D eigenvalue weighted by molar-refractivity contribution is 6.33. The molecule has 0 aliphatic carbocycles. The minimum Gasteiger partial charge on any atom is -0.481 e. The van der Waals surface area contributed by atoms with E-state index in [9.17, 15) is 14.0 Å². The van der Waals surface area contributed by atoms with Gasteiger partial charge in [0.1, 0.15) is 5.82 Å². The van der Waals surface area contributed by atoms with E-state index < -0.39 is 23.6 Å². The summed E-state index contributed by atoms with van der Waals surface area (Å²) in [6.07, 6.45) is 0.465. The van der Waals surface area contributed by atoms with Crippen LogP contribution in [0.3, 0.4) is 0 Å². The SMILES string of the molecule is CC(C)CC(CNC(=O)c1ccc(F)cc1Cl)C(=O)O. The maximum atomic E-state index is 12.9. The molecule has 1 amide bonds. The molecule has 0 bridgehead atoms. The molecule has 0 heterocycles. The number of amides is 1. The standard InChI is InChI=1S/C14H17ClFNO3/c1-8(2)5-9(14(19)20)7-17-13(18)11-4-3-10(16)6-12(11)15/h3-4,6,8-9H,5,7H2,1-2H3,(H,17,18)(H,19,20). The Balaban J connectivity index is 2.68. The van der Waals surface area contributed by atoms with Gasteiger partial charge in [-0.25, -0.2) is 4.39 Å². The monoisotopic (exact) mass is 301 g/mol. The molecule has 2 N–H and O–H groups in total. The Morgan fingerprint density at radius 2 is 2.05 bits per heavy atom. The van der Waals surface area contributed by atoms with E-state index in [1.807, 2.05) is 13.8 Å². The van der Waals surface area contributed by atoms with Gasteiger partial charge in [-0.1, -0.05) is 25.4 Å². The number of hydrogen-bond acceptors (Lipinski definition) is 2. The van der Waals surface area contributed by atoms with Gasteiger partial charge in [0, 0.05) is 6.54 Å². The molecule has 1 aromatic rings. The van der Waals surface area contributed by atoms with Crippen LogP contribution in [-0.2, 0) is 4.79 Å². The van der Waals surface area contributed by atoms with Crippen molar-refractivity contribution < 1.29 is 19.1 Å². The van der Waals surface area contributed by atoms with Gasteiger partial charge in [0.25, 0.3) is 5.91 Å². The van der Waals surface area contributed by atoms with E-state index in [4.69, 9.17) is 16.7 Å². The predicted molar refractivity (Wildman–Crippen MR) is 74.3 cm³/mol. The first kappa shape index (κ1) is 16.4. The zero-order valence-electron chi connectivity index (χ0n) is 11.3. The van der Waals surface area contributed by atoms with Crippen molar-refractivity contribution in [2.75, 3.05) is 6.54 Å². The van der Waals surface area contributed by atoms with E-state index in [1.54, 1.807) is 0 Å². The highest BCUT2D eigenvalue weighted by Crippen LogP contribution is 2.17. The molecule has 1 aromatic carbocycles. The number of carbonyl (C=O) groups is 2. The van der Waals surface area contributed by atoms with Gasteiger partial charge >= 0.3 is 5.97 Å². The van der Waals surface area contributed by atoms with Gasteiger partial charge in [0.15, 0.2) is 0 Å². The van der Waals surface area contributed by atoms with E-state index in [0.717, 1.165) is 12.1 Å². The molecule has 0 radical (unpaired) electrons. The fraction of sp³-hybridized carbons (Fsp3) is 0.429. The van der Waals surface area contributed by atoms with Gasteiger partial charge in [0.05, 0.1) is 16.5 Å². The van der Waals surface area contributed by atoms with Crippen molar-refractivity contribution in [2.24, 2.45) is 11.8 Å². The van der Waals surface area contributed by atoms with Gasteiger partial charge in [-0.15, -0.1) is 0 Å². The summed E-state index contributed by atoms with van der Waals surface area (Å²) in [6.45, 7) is 3.84. The van der Waals surface area contributed by atoms with E-state index in [2.05, 4.69) is 5.32 Å². The normalized spacial score (nSPS) is 12.2. The quantitative estimate of drug-likeness (QED) is 0.849. The molecule has 6 heteroatoms. The summed E-state index contributed by atoms with van der Waals surface area (Å²) in [7, 11) is 0. The summed E-state index contributed by atoms with van der Waals surface area (Å²) in [6, 6.07) is 3.44. The van der Waals surface area contributed by atoms with Crippen molar-refractivity contribution in [3.8, 4) is 0 Å². The first-order valence-electron chi connectivity index (χ1n) is 6.27. The third kappa shape index (κ3) is 4.81. The lowest BCUT2D eigenvalue weighted by Gasteiger charge is -2.15. The summed E-state index contributed by atoms with van der Waals surface area (Å²) in [5.74, 6) is -2.44. The predicted octanol–water partition coefficient (Wildman–Crippen LogP) is 2.96. The molecule has 4 nitrogen and oxygen atoms in total. The Morgan fingerprint density at radius 3 is 2.55 bits per heavy atom. The zero-order valence-corrected chi connectivity index (χ0v) is 12.1. The second-order valence-corrected chi connectivity index (χ2v) is 5.41. The Morgan fingerprint density at radius 1 is 1.40 bits per heavy atom. The van der Waals surface area contributed by atoms with E-state index in [1.165, 1.54) is 6.07 Å². The molecule has 0 saturated heterocycles. The second-order valence-electron chi connectivity index (χ2n) is 5.00. The summed E-state index contributed by atoms with van der Waals surface area (Å²) in [5, 5.41) is 11.6. The van der Waals surface area contributed by atoms with Crippen LogP contribution in [0.15, 0.2) is 18.2 Å². The molecule has 0 aliphatic heterocycles. The summed E-state index contributed by atoms with van der Waals surface area (Å²) in [5.41, 5.74) is 0.127. The third-order valence-electron chi connectivity index (χ3n) is 2.79. The smallest absolute Gasteiger partial charge is 0.308 e. The minimum atomic E-state index is -0.954. The van der Waals surface area contributed by atoms with Crippen LogP contribution in [0.2, 0.25) is 5.02 Å². The molecule has 0 fully saturated rings. The van der Waals surface area contributed by atoms with Crippen molar-refractivity contribution in [1.82, 2.24) is 5.32 Å². The number of carbonyl (C=O) groups excluding carboxylic acids is 1. The van der Waals surface area contributed by atoms with Crippen molar-refractivity contribution in [1.29, 1.82) is 0 Å². The first-order chi connectivity index (χ1) is 9.31. The van der Waals surface area contributed by atoms with Crippen LogP contribution >= 0.6 is 11.6 Å². The van der Waals surface area contributed by atoms with Gasteiger partial charge < -0.3 is 10.4 Å². The Kier molecular flexibility index (Phi) is 5.95. The number of carboxylic acids is 1. The average Bonchev–Trinajstić information content (AvgIpc) is 2.33. The number of carboxylic acid groups (broad SMARTS) is 1. The number of hydrogen-bond donors (Lipinski definition) is 2. The molecule has 0 aliphatic rings. The second kappa shape index (κ2) is 7.24. The van der Waals surface area contributed by atoms with Gasteiger partial charge in [-0.2, -0.15) is 0 Å². The lowest BCUT2D eigenvalue weighted by Crippen LogP contribution is -2.33. The molecule has 0 aromatic heterocycles. The van der Waals surface area contributed by atoms with Crippen LogP contribution in [0.25, 0.3) is 0 Å². The minimum absolute atomic E-state index is 0.00163. The Hall–Kier alpha value is -1.62. The largest absolute Gasteiger partial charge is 0.481 e. The molecule has 0 spiro atoms. The molecule has 20 heavy (non-hydrogen) atoms. The molecular formula is C14H17ClFNO3. The van der Waals surface area contributed by atoms with Crippen LogP contribution in [-0.4, -0.2) is 23.5 Å². The molecular weight excluding hydrogens is 285 g/mol. The maximum Gasteiger partial charge on any atom is 0.308 e. The van der Waals surface area contributed by atoms with Crippen LogP contribution in [0.1, 0.15) is 30.6 Å². The van der Waals surface area contributed by atoms with Crippen LogP contribution < -0.4 is 5.32 Å². The van der Waals surface area contributed by atoms with Crippen molar-refractivity contribution in [3.05, 3.63) is 34.6 Å². The zero-order chi connectivity index (χ0) is 15.3. The fourth-order valence-electron chi connectivity index (χ4n) is 1.83. The maximum absolute atomic E-state index is 12.9. The van der Waals surface area contributed by atoms with Crippen LogP contribution in [0.5, 0.6) is 0 Å². The lowest BCUT2D eigenvalue weighted by atomic mass is 9.97. The van der Waals surface area contributed by atoms with E-state index in [-0.39, 0.29) is 23.0 Å². The molecule has 1 atom stereocenters. The summed E-state index contributed by atoms with van der Waals surface area (Å²) < 4.78 is 12.9. The number of rotatable bonds is 6.